The number of ether oxygens (including phenoxy) is 2. The van der Waals surface area contributed by atoms with Crippen LogP contribution in [0.3, 0.4) is 0 Å². The normalized spacial score (nSPS) is 11.9. The average molecular weight is 287 g/mol. The van der Waals surface area contributed by atoms with Crippen molar-refractivity contribution in [1.82, 2.24) is 9.97 Å². The molecule has 0 spiro atoms. The van der Waals surface area contributed by atoms with Gasteiger partial charge in [-0.15, -0.1) is 0 Å². The highest BCUT2D eigenvalue weighted by atomic mass is 35.5. The largest absolute Gasteiger partial charge is 0.475 e. The second kappa shape index (κ2) is 7.06. The topological polar surface area (TPSA) is 44.2 Å². The van der Waals surface area contributed by atoms with E-state index in [0.29, 0.717) is 36.0 Å². The molecule has 1 rings (SSSR count). The van der Waals surface area contributed by atoms with Crippen LogP contribution in [0.2, 0.25) is 5.15 Å². The second-order valence-electron chi connectivity index (χ2n) is 5.92. The minimum atomic E-state index is -0.156. The average Bonchev–Trinajstić information content (AvgIpc) is 2.26. The van der Waals surface area contributed by atoms with Crippen molar-refractivity contribution in [2.24, 2.45) is 5.92 Å². The molecule has 0 atom stereocenters. The van der Waals surface area contributed by atoms with Gasteiger partial charge in [0.25, 0.3) is 0 Å². The first-order valence-electron chi connectivity index (χ1n) is 6.54. The number of aromatic nitrogens is 2. The Hall–Kier alpha value is -0.870. The molecule has 4 nitrogen and oxygen atoms in total. The fourth-order valence-electron chi connectivity index (χ4n) is 1.33. The third-order valence-electron chi connectivity index (χ3n) is 2.27. The van der Waals surface area contributed by atoms with Gasteiger partial charge in [-0.3, -0.25) is 0 Å². The van der Waals surface area contributed by atoms with Crippen LogP contribution in [0, 0.1) is 5.92 Å². The molecule has 1 aromatic heterocycles. The SMILES string of the molecule is CC(C)COCCOc1cc(Cl)nc(C(C)(C)C)n1. The van der Waals surface area contributed by atoms with Gasteiger partial charge in [0.05, 0.1) is 6.61 Å². The summed E-state index contributed by atoms with van der Waals surface area (Å²) in [5.41, 5.74) is -0.156. The minimum absolute atomic E-state index is 0.156. The van der Waals surface area contributed by atoms with E-state index in [4.69, 9.17) is 21.1 Å². The summed E-state index contributed by atoms with van der Waals surface area (Å²) in [5, 5.41) is 0.401. The predicted molar refractivity (Wildman–Crippen MR) is 76.9 cm³/mol. The molecule has 0 N–H and O–H groups in total. The van der Waals surface area contributed by atoms with Gasteiger partial charge in [-0.25, -0.2) is 4.98 Å². The Morgan fingerprint density at radius 1 is 1.21 bits per heavy atom. The molecule has 5 heteroatoms. The quantitative estimate of drug-likeness (QED) is 0.593. The maximum absolute atomic E-state index is 5.98. The molecule has 19 heavy (non-hydrogen) atoms. The maximum Gasteiger partial charge on any atom is 0.218 e. The molecule has 1 heterocycles. The van der Waals surface area contributed by atoms with E-state index in [9.17, 15) is 0 Å². The van der Waals surface area contributed by atoms with Gasteiger partial charge in [0.1, 0.15) is 17.6 Å². The Morgan fingerprint density at radius 2 is 1.89 bits per heavy atom. The molecule has 1 aromatic rings. The number of rotatable bonds is 6. The molecule has 0 radical (unpaired) electrons. The van der Waals surface area contributed by atoms with Gasteiger partial charge in [-0.2, -0.15) is 4.98 Å². The highest BCUT2D eigenvalue weighted by molar-refractivity contribution is 6.29. The Kier molecular flexibility index (Phi) is 6.01. The van der Waals surface area contributed by atoms with Crippen LogP contribution >= 0.6 is 11.6 Å². The van der Waals surface area contributed by atoms with Crippen molar-refractivity contribution in [2.45, 2.75) is 40.0 Å². The molecule has 0 aliphatic carbocycles. The van der Waals surface area contributed by atoms with Crippen LogP contribution in [0.1, 0.15) is 40.4 Å². The van der Waals surface area contributed by atoms with E-state index >= 15 is 0 Å². The molecule has 0 bridgehead atoms. The smallest absolute Gasteiger partial charge is 0.218 e. The first kappa shape index (κ1) is 16.2. The van der Waals surface area contributed by atoms with Crippen molar-refractivity contribution >= 4 is 11.6 Å². The van der Waals surface area contributed by atoms with Crippen molar-refractivity contribution in [3.63, 3.8) is 0 Å². The first-order valence-corrected chi connectivity index (χ1v) is 6.92. The molecule has 0 saturated carbocycles. The van der Waals surface area contributed by atoms with Gasteiger partial charge in [0.15, 0.2) is 0 Å². The fourth-order valence-corrected chi connectivity index (χ4v) is 1.50. The first-order chi connectivity index (χ1) is 8.79. The van der Waals surface area contributed by atoms with E-state index in [2.05, 4.69) is 23.8 Å². The van der Waals surface area contributed by atoms with E-state index in [-0.39, 0.29) is 5.41 Å². The predicted octanol–water partition coefficient (Wildman–Crippen LogP) is 3.48. The number of hydrogen-bond donors (Lipinski definition) is 0. The van der Waals surface area contributed by atoms with E-state index in [1.165, 1.54) is 0 Å². The van der Waals surface area contributed by atoms with Gasteiger partial charge in [0.2, 0.25) is 5.88 Å². The summed E-state index contributed by atoms with van der Waals surface area (Å²) in [5.74, 6) is 1.71. The van der Waals surface area contributed by atoms with Crippen molar-refractivity contribution in [2.75, 3.05) is 19.8 Å². The standard InChI is InChI=1S/C14H23ClN2O2/c1-10(2)9-18-6-7-19-12-8-11(15)16-13(17-12)14(3,4)5/h8,10H,6-7,9H2,1-5H3. The van der Waals surface area contributed by atoms with Crippen molar-refractivity contribution in [3.05, 3.63) is 17.0 Å². The maximum atomic E-state index is 5.98. The summed E-state index contributed by atoms with van der Waals surface area (Å²) in [4.78, 5) is 8.58. The van der Waals surface area contributed by atoms with Crippen molar-refractivity contribution in [1.29, 1.82) is 0 Å². The summed E-state index contributed by atoms with van der Waals surface area (Å²) in [6.45, 7) is 12.1. The zero-order valence-electron chi connectivity index (χ0n) is 12.4. The monoisotopic (exact) mass is 286 g/mol. The lowest BCUT2D eigenvalue weighted by Crippen LogP contribution is -2.17. The fraction of sp³-hybridized carbons (Fsp3) is 0.714. The summed E-state index contributed by atoms with van der Waals surface area (Å²) in [6, 6.07) is 1.62. The van der Waals surface area contributed by atoms with Crippen molar-refractivity contribution < 1.29 is 9.47 Å². The van der Waals surface area contributed by atoms with E-state index < -0.39 is 0 Å². The summed E-state index contributed by atoms with van der Waals surface area (Å²) < 4.78 is 11.0. The molecule has 0 amide bonds. The second-order valence-corrected chi connectivity index (χ2v) is 6.31. The number of hydrogen-bond acceptors (Lipinski definition) is 4. The Labute approximate surface area is 120 Å². The van der Waals surface area contributed by atoms with E-state index in [1.54, 1.807) is 6.07 Å². The zero-order chi connectivity index (χ0) is 14.5. The molecule has 0 fully saturated rings. The van der Waals surface area contributed by atoms with Gasteiger partial charge < -0.3 is 9.47 Å². The third-order valence-corrected chi connectivity index (χ3v) is 2.46. The van der Waals surface area contributed by atoms with E-state index in [1.807, 2.05) is 20.8 Å². The zero-order valence-corrected chi connectivity index (χ0v) is 13.1. The molecular weight excluding hydrogens is 264 g/mol. The summed E-state index contributed by atoms with van der Waals surface area (Å²) >= 11 is 5.98. The highest BCUT2D eigenvalue weighted by Crippen LogP contribution is 2.23. The Bertz CT molecular complexity index is 403. The van der Waals surface area contributed by atoms with Crippen LogP contribution in [0.5, 0.6) is 5.88 Å². The van der Waals surface area contributed by atoms with Crippen LogP contribution in [0.25, 0.3) is 0 Å². The molecular formula is C14H23ClN2O2. The van der Waals surface area contributed by atoms with Gasteiger partial charge in [-0.05, 0) is 5.92 Å². The van der Waals surface area contributed by atoms with Gasteiger partial charge in [0, 0.05) is 18.1 Å². The Morgan fingerprint density at radius 3 is 2.47 bits per heavy atom. The van der Waals surface area contributed by atoms with Crippen LogP contribution in [0.15, 0.2) is 6.07 Å². The van der Waals surface area contributed by atoms with Crippen LogP contribution in [0.4, 0.5) is 0 Å². The lowest BCUT2D eigenvalue weighted by molar-refractivity contribution is 0.0804. The molecule has 0 saturated heterocycles. The van der Waals surface area contributed by atoms with Crippen molar-refractivity contribution in [3.8, 4) is 5.88 Å². The minimum Gasteiger partial charge on any atom is -0.475 e. The number of halogens is 1. The lowest BCUT2D eigenvalue weighted by Gasteiger charge is -2.17. The van der Waals surface area contributed by atoms with Crippen LogP contribution in [-0.4, -0.2) is 29.8 Å². The van der Waals surface area contributed by atoms with Crippen LogP contribution in [-0.2, 0) is 10.2 Å². The van der Waals surface area contributed by atoms with Gasteiger partial charge >= 0.3 is 0 Å². The number of nitrogens with zero attached hydrogens (tertiary/aromatic N) is 2. The lowest BCUT2D eigenvalue weighted by atomic mass is 9.96. The molecule has 108 valence electrons. The molecule has 0 unspecified atom stereocenters. The molecule has 0 aromatic carbocycles. The van der Waals surface area contributed by atoms with Crippen LogP contribution < -0.4 is 4.74 Å². The summed E-state index contributed by atoms with van der Waals surface area (Å²) in [6.07, 6.45) is 0. The highest BCUT2D eigenvalue weighted by Gasteiger charge is 2.19. The Balaban J connectivity index is 2.52. The third kappa shape index (κ3) is 6.21. The summed E-state index contributed by atoms with van der Waals surface area (Å²) in [7, 11) is 0. The van der Waals surface area contributed by atoms with Gasteiger partial charge in [-0.1, -0.05) is 46.2 Å². The molecule has 0 aliphatic rings. The molecule has 0 aliphatic heterocycles. The van der Waals surface area contributed by atoms with E-state index in [0.717, 1.165) is 6.61 Å².